The number of rotatable bonds is 8. The van der Waals surface area contributed by atoms with Crippen molar-refractivity contribution in [1.29, 1.82) is 0 Å². The van der Waals surface area contributed by atoms with E-state index in [1.54, 1.807) is 25.7 Å². The summed E-state index contributed by atoms with van der Waals surface area (Å²) in [7, 11) is 1.67. The van der Waals surface area contributed by atoms with Gasteiger partial charge in [0.25, 0.3) is 5.91 Å². The van der Waals surface area contributed by atoms with Gasteiger partial charge >= 0.3 is 0 Å². The predicted molar refractivity (Wildman–Crippen MR) is 110 cm³/mol. The van der Waals surface area contributed by atoms with Gasteiger partial charge < -0.3 is 14.6 Å². The number of amides is 1. The molecular formula is C20H25N5O2S. The molecule has 1 amide bonds. The van der Waals surface area contributed by atoms with Crippen molar-refractivity contribution < 1.29 is 9.53 Å². The second kappa shape index (κ2) is 9.07. The van der Waals surface area contributed by atoms with E-state index >= 15 is 0 Å². The first-order valence-electron chi connectivity index (χ1n) is 9.20. The van der Waals surface area contributed by atoms with Crippen molar-refractivity contribution in [3.05, 3.63) is 41.3 Å². The van der Waals surface area contributed by atoms with Crippen molar-refractivity contribution >= 4 is 17.2 Å². The molecule has 0 saturated heterocycles. The molecule has 1 N–H and O–H groups in total. The summed E-state index contributed by atoms with van der Waals surface area (Å²) in [5.41, 5.74) is 4.02. The number of carbonyl (C=O) groups is 1. The lowest BCUT2D eigenvalue weighted by Crippen LogP contribution is -2.27. The summed E-state index contributed by atoms with van der Waals surface area (Å²) in [6.07, 6.45) is 4.99. The molecule has 0 saturated carbocycles. The number of thiazole rings is 1. The smallest absolute Gasteiger partial charge is 0.253 e. The number of nitrogens with one attached hydrogen (secondary N) is 1. The molecule has 148 valence electrons. The largest absolute Gasteiger partial charge is 0.383 e. The zero-order chi connectivity index (χ0) is 20.1. The first-order valence-corrected chi connectivity index (χ1v) is 10.1. The van der Waals surface area contributed by atoms with Gasteiger partial charge in [0.2, 0.25) is 0 Å². The Balaban J connectivity index is 1.96. The Labute approximate surface area is 168 Å². The fourth-order valence-corrected chi connectivity index (χ4v) is 3.64. The van der Waals surface area contributed by atoms with E-state index in [0.29, 0.717) is 31.2 Å². The van der Waals surface area contributed by atoms with Crippen LogP contribution >= 0.6 is 11.3 Å². The molecule has 0 aliphatic carbocycles. The van der Waals surface area contributed by atoms with Gasteiger partial charge in [-0.2, -0.15) is 0 Å². The average molecular weight is 400 g/mol. The maximum absolute atomic E-state index is 12.7. The third-order valence-corrected chi connectivity index (χ3v) is 5.21. The highest BCUT2D eigenvalue weighted by atomic mass is 32.1. The van der Waals surface area contributed by atoms with Crippen LogP contribution in [0.3, 0.4) is 0 Å². The van der Waals surface area contributed by atoms with E-state index in [2.05, 4.69) is 33.7 Å². The van der Waals surface area contributed by atoms with Gasteiger partial charge in [-0.25, -0.2) is 4.98 Å². The molecule has 0 atom stereocenters. The van der Waals surface area contributed by atoms with Crippen LogP contribution in [0.15, 0.2) is 30.0 Å². The fraction of sp³-hybridized carbons (Fsp3) is 0.400. The molecule has 0 bridgehead atoms. The topological polar surface area (TPSA) is 81.9 Å². The molecule has 3 aromatic rings. The minimum absolute atomic E-state index is 0.0620. The molecular weight excluding hydrogens is 374 g/mol. The second-order valence-corrected chi connectivity index (χ2v) is 7.76. The lowest BCUT2D eigenvalue weighted by Gasteiger charge is -2.11. The molecule has 0 spiro atoms. The van der Waals surface area contributed by atoms with Gasteiger partial charge in [0, 0.05) is 43.7 Å². The number of ether oxygens (including phenoxy) is 1. The summed E-state index contributed by atoms with van der Waals surface area (Å²) in [4.78, 5) is 25.8. The summed E-state index contributed by atoms with van der Waals surface area (Å²) in [6.45, 7) is 7.95. The summed E-state index contributed by atoms with van der Waals surface area (Å²) < 4.78 is 7.34. The van der Waals surface area contributed by atoms with Crippen LogP contribution in [-0.2, 0) is 11.3 Å². The SMILES string of the molecule is COCCn1c(-c2csc(-c3cnccn3)n2)cc(C(=O)NCC(C)C)c1C. The highest BCUT2D eigenvalue weighted by Crippen LogP contribution is 2.30. The molecule has 0 aliphatic rings. The van der Waals surface area contributed by atoms with Crippen LogP contribution in [0.1, 0.15) is 29.9 Å². The van der Waals surface area contributed by atoms with Gasteiger partial charge in [-0.05, 0) is 18.9 Å². The molecule has 8 heteroatoms. The molecule has 0 fully saturated rings. The first-order chi connectivity index (χ1) is 13.5. The molecule has 0 unspecified atom stereocenters. The number of methoxy groups -OCH3 is 1. The molecule has 3 rings (SSSR count). The van der Waals surface area contributed by atoms with Crippen molar-refractivity contribution in [3.63, 3.8) is 0 Å². The second-order valence-electron chi connectivity index (χ2n) is 6.91. The number of aromatic nitrogens is 4. The Kier molecular flexibility index (Phi) is 6.53. The minimum atomic E-state index is -0.0620. The quantitative estimate of drug-likeness (QED) is 0.628. The van der Waals surface area contributed by atoms with Crippen molar-refractivity contribution in [2.45, 2.75) is 27.3 Å². The van der Waals surface area contributed by atoms with E-state index in [1.807, 2.05) is 18.4 Å². The fourth-order valence-electron chi connectivity index (χ4n) is 2.87. The zero-order valence-electron chi connectivity index (χ0n) is 16.6. The highest BCUT2D eigenvalue weighted by molar-refractivity contribution is 7.13. The Morgan fingerprint density at radius 1 is 1.32 bits per heavy atom. The maximum atomic E-state index is 12.7. The maximum Gasteiger partial charge on any atom is 0.253 e. The van der Waals surface area contributed by atoms with Crippen LogP contribution in [0.5, 0.6) is 0 Å². The zero-order valence-corrected chi connectivity index (χ0v) is 17.4. The van der Waals surface area contributed by atoms with E-state index < -0.39 is 0 Å². The van der Waals surface area contributed by atoms with Gasteiger partial charge in [-0.15, -0.1) is 11.3 Å². The van der Waals surface area contributed by atoms with Crippen LogP contribution in [0.4, 0.5) is 0 Å². The van der Waals surface area contributed by atoms with E-state index in [9.17, 15) is 4.79 Å². The summed E-state index contributed by atoms with van der Waals surface area (Å²) in [5, 5.41) is 5.78. The van der Waals surface area contributed by atoms with E-state index in [1.165, 1.54) is 11.3 Å². The number of hydrogen-bond donors (Lipinski definition) is 1. The number of hydrogen-bond acceptors (Lipinski definition) is 6. The monoisotopic (exact) mass is 399 g/mol. The molecule has 3 aromatic heterocycles. The van der Waals surface area contributed by atoms with Crippen molar-refractivity contribution in [2.24, 2.45) is 5.92 Å². The standard InChI is InChI=1S/C20H25N5O2S/c1-13(2)10-23-19(26)15-9-18(25(14(15)3)7-8-27-4)17-12-28-20(24-17)16-11-21-5-6-22-16/h5-6,9,11-13H,7-8,10H2,1-4H3,(H,23,26). The normalized spacial score (nSPS) is 11.2. The Bertz CT molecular complexity index is 933. The summed E-state index contributed by atoms with van der Waals surface area (Å²) in [5.74, 6) is 0.334. The van der Waals surface area contributed by atoms with Gasteiger partial charge in [0.1, 0.15) is 10.7 Å². The van der Waals surface area contributed by atoms with E-state index in [4.69, 9.17) is 9.72 Å². The third kappa shape index (κ3) is 4.45. The van der Waals surface area contributed by atoms with Crippen molar-refractivity contribution in [2.75, 3.05) is 20.3 Å². The molecule has 28 heavy (non-hydrogen) atoms. The van der Waals surface area contributed by atoms with Crippen molar-refractivity contribution in [3.8, 4) is 22.1 Å². The Morgan fingerprint density at radius 2 is 2.14 bits per heavy atom. The molecule has 0 radical (unpaired) electrons. The van der Waals surface area contributed by atoms with Crippen LogP contribution in [0, 0.1) is 12.8 Å². The van der Waals surface area contributed by atoms with Crippen LogP contribution in [0.2, 0.25) is 0 Å². The molecule has 0 aliphatic heterocycles. The van der Waals surface area contributed by atoms with Crippen molar-refractivity contribution in [1.82, 2.24) is 24.8 Å². The lowest BCUT2D eigenvalue weighted by atomic mass is 10.2. The van der Waals surface area contributed by atoms with Crippen LogP contribution in [0.25, 0.3) is 22.1 Å². The van der Waals surface area contributed by atoms with Gasteiger partial charge in [0.05, 0.1) is 29.8 Å². The first kappa shape index (κ1) is 20.2. The van der Waals surface area contributed by atoms with Gasteiger partial charge in [0.15, 0.2) is 0 Å². The Hall–Kier alpha value is -2.58. The highest BCUT2D eigenvalue weighted by Gasteiger charge is 2.20. The minimum Gasteiger partial charge on any atom is -0.383 e. The molecule has 3 heterocycles. The number of nitrogens with zero attached hydrogens (tertiary/aromatic N) is 4. The number of carbonyl (C=O) groups excluding carboxylic acids is 1. The Morgan fingerprint density at radius 3 is 2.82 bits per heavy atom. The van der Waals surface area contributed by atoms with E-state index in [0.717, 1.165) is 27.8 Å². The molecule has 0 aromatic carbocycles. The van der Waals surface area contributed by atoms with Gasteiger partial charge in [-0.1, -0.05) is 13.8 Å². The summed E-state index contributed by atoms with van der Waals surface area (Å²) in [6, 6.07) is 1.91. The molecule has 7 nitrogen and oxygen atoms in total. The van der Waals surface area contributed by atoms with E-state index in [-0.39, 0.29) is 5.91 Å². The average Bonchev–Trinajstić information content (AvgIpc) is 3.30. The summed E-state index contributed by atoms with van der Waals surface area (Å²) >= 11 is 1.51. The third-order valence-electron chi connectivity index (χ3n) is 4.35. The van der Waals surface area contributed by atoms with Crippen LogP contribution < -0.4 is 5.32 Å². The predicted octanol–water partition coefficient (Wildman–Crippen LogP) is 3.41. The van der Waals surface area contributed by atoms with Crippen LogP contribution in [-0.4, -0.2) is 45.7 Å². The lowest BCUT2D eigenvalue weighted by molar-refractivity contribution is 0.0948. The van der Waals surface area contributed by atoms with Gasteiger partial charge in [-0.3, -0.25) is 14.8 Å².